The Kier molecular flexibility index (Phi) is 5.08. The molecule has 3 rings (SSSR count). The standard InChI is InChI=1S/C17H18F3N5O/c1-24-6-8-25(9-7-24)15(26)12-10-21-16(22-11-12)23-14-5-3-2-4-13(14)17(18,19)20/h2-5,10-11H,6-9H2,1H3,(H,21,22,23). The Morgan fingerprint density at radius 2 is 1.69 bits per heavy atom. The number of hydrogen-bond acceptors (Lipinski definition) is 5. The van der Waals surface area contributed by atoms with Gasteiger partial charge in [0, 0.05) is 38.6 Å². The summed E-state index contributed by atoms with van der Waals surface area (Å²) in [4.78, 5) is 24.2. The highest BCUT2D eigenvalue weighted by Crippen LogP contribution is 2.35. The number of carbonyl (C=O) groups is 1. The van der Waals surface area contributed by atoms with E-state index in [4.69, 9.17) is 0 Å². The minimum Gasteiger partial charge on any atom is -0.336 e. The quantitative estimate of drug-likeness (QED) is 0.906. The van der Waals surface area contributed by atoms with Gasteiger partial charge in [0.2, 0.25) is 5.95 Å². The van der Waals surface area contributed by atoms with E-state index in [9.17, 15) is 18.0 Å². The third kappa shape index (κ3) is 4.10. The van der Waals surface area contributed by atoms with E-state index >= 15 is 0 Å². The molecule has 1 aliphatic heterocycles. The summed E-state index contributed by atoms with van der Waals surface area (Å²) in [7, 11) is 1.99. The number of amides is 1. The number of nitrogens with one attached hydrogen (secondary N) is 1. The van der Waals surface area contributed by atoms with Gasteiger partial charge in [-0.3, -0.25) is 4.79 Å². The largest absolute Gasteiger partial charge is 0.418 e. The van der Waals surface area contributed by atoms with E-state index in [1.54, 1.807) is 4.90 Å². The molecule has 0 atom stereocenters. The van der Waals surface area contributed by atoms with Gasteiger partial charge in [-0.05, 0) is 19.2 Å². The molecule has 2 heterocycles. The number of likely N-dealkylation sites (N-methyl/N-ethyl adjacent to an activating group) is 1. The summed E-state index contributed by atoms with van der Waals surface area (Å²) in [6, 6.07) is 5.08. The average molecular weight is 365 g/mol. The third-order valence-corrected chi connectivity index (χ3v) is 4.17. The zero-order chi connectivity index (χ0) is 18.7. The van der Waals surface area contributed by atoms with Gasteiger partial charge in [-0.15, -0.1) is 0 Å². The number of carbonyl (C=O) groups excluding carboxylic acids is 1. The Labute approximate surface area is 148 Å². The molecule has 0 unspecified atom stereocenters. The lowest BCUT2D eigenvalue weighted by atomic mass is 10.1. The van der Waals surface area contributed by atoms with E-state index in [0.29, 0.717) is 18.7 Å². The molecule has 1 aromatic heterocycles. The van der Waals surface area contributed by atoms with Crippen molar-refractivity contribution < 1.29 is 18.0 Å². The smallest absolute Gasteiger partial charge is 0.336 e. The maximum Gasteiger partial charge on any atom is 0.418 e. The van der Waals surface area contributed by atoms with Gasteiger partial charge in [-0.1, -0.05) is 12.1 Å². The van der Waals surface area contributed by atoms with Gasteiger partial charge in [-0.25, -0.2) is 9.97 Å². The Balaban J connectivity index is 1.72. The predicted octanol–water partition coefficient (Wildman–Crippen LogP) is 2.63. The molecule has 0 saturated carbocycles. The molecule has 0 radical (unpaired) electrons. The second-order valence-corrected chi connectivity index (χ2v) is 6.06. The first-order valence-corrected chi connectivity index (χ1v) is 8.08. The van der Waals surface area contributed by atoms with Crippen LogP contribution < -0.4 is 5.32 Å². The number of para-hydroxylation sites is 1. The first-order chi connectivity index (χ1) is 12.3. The van der Waals surface area contributed by atoms with Crippen LogP contribution in [0.3, 0.4) is 0 Å². The number of piperazine rings is 1. The summed E-state index contributed by atoms with van der Waals surface area (Å²) in [6.45, 7) is 2.82. The number of aromatic nitrogens is 2. The molecule has 9 heteroatoms. The minimum atomic E-state index is -4.49. The van der Waals surface area contributed by atoms with Crippen LogP contribution in [-0.2, 0) is 6.18 Å². The Morgan fingerprint density at radius 1 is 1.08 bits per heavy atom. The van der Waals surface area contributed by atoms with Crippen molar-refractivity contribution in [2.24, 2.45) is 0 Å². The fourth-order valence-electron chi connectivity index (χ4n) is 2.65. The highest BCUT2D eigenvalue weighted by atomic mass is 19.4. The summed E-state index contributed by atoms with van der Waals surface area (Å²) in [5.74, 6) is -0.183. The topological polar surface area (TPSA) is 61.4 Å². The fourth-order valence-corrected chi connectivity index (χ4v) is 2.65. The van der Waals surface area contributed by atoms with Crippen molar-refractivity contribution >= 4 is 17.5 Å². The van der Waals surface area contributed by atoms with E-state index in [2.05, 4.69) is 20.2 Å². The minimum absolute atomic E-state index is 0.00312. The molecule has 1 N–H and O–H groups in total. The molecule has 2 aromatic rings. The number of benzene rings is 1. The van der Waals surface area contributed by atoms with Crippen molar-refractivity contribution in [2.45, 2.75) is 6.18 Å². The Morgan fingerprint density at radius 3 is 2.31 bits per heavy atom. The van der Waals surface area contributed by atoms with Crippen LogP contribution in [0.15, 0.2) is 36.7 Å². The molecule has 138 valence electrons. The number of rotatable bonds is 3. The highest BCUT2D eigenvalue weighted by molar-refractivity contribution is 5.93. The van der Waals surface area contributed by atoms with Gasteiger partial charge in [0.25, 0.3) is 5.91 Å². The number of nitrogens with zero attached hydrogens (tertiary/aromatic N) is 4. The second kappa shape index (κ2) is 7.28. The molecule has 1 saturated heterocycles. The molecule has 1 aliphatic rings. The molecule has 1 aromatic carbocycles. The lowest BCUT2D eigenvalue weighted by Gasteiger charge is -2.32. The van der Waals surface area contributed by atoms with Gasteiger partial charge in [0.05, 0.1) is 16.8 Å². The molecule has 0 bridgehead atoms. The average Bonchev–Trinajstić information content (AvgIpc) is 2.62. The van der Waals surface area contributed by atoms with Crippen LogP contribution >= 0.6 is 0 Å². The van der Waals surface area contributed by atoms with E-state index in [1.165, 1.54) is 30.6 Å². The van der Waals surface area contributed by atoms with Crippen molar-refractivity contribution in [2.75, 3.05) is 38.5 Å². The number of anilines is 2. The molecular formula is C17H18F3N5O. The van der Waals surface area contributed by atoms with Crippen molar-refractivity contribution in [3.8, 4) is 0 Å². The first-order valence-electron chi connectivity index (χ1n) is 8.08. The zero-order valence-electron chi connectivity index (χ0n) is 14.1. The van der Waals surface area contributed by atoms with Crippen molar-refractivity contribution in [1.82, 2.24) is 19.8 Å². The van der Waals surface area contributed by atoms with Crippen LogP contribution in [0.25, 0.3) is 0 Å². The Hall–Kier alpha value is -2.68. The summed E-state index contributed by atoms with van der Waals surface area (Å²) in [5.41, 5.74) is -0.636. The third-order valence-electron chi connectivity index (χ3n) is 4.17. The monoisotopic (exact) mass is 365 g/mol. The van der Waals surface area contributed by atoms with Crippen LogP contribution in [0, 0.1) is 0 Å². The first kappa shape index (κ1) is 18.1. The fraction of sp³-hybridized carbons (Fsp3) is 0.353. The molecule has 0 aliphatic carbocycles. The highest BCUT2D eigenvalue weighted by Gasteiger charge is 2.33. The number of hydrogen-bond donors (Lipinski definition) is 1. The lowest BCUT2D eigenvalue weighted by molar-refractivity contribution is -0.136. The van der Waals surface area contributed by atoms with Crippen LogP contribution in [0.1, 0.15) is 15.9 Å². The maximum atomic E-state index is 13.0. The molecule has 1 amide bonds. The SMILES string of the molecule is CN1CCN(C(=O)c2cnc(Nc3ccccc3C(F)(F)F)nc2)CC1. The van der Waals surface area contributed by atoms with Crippen molar-refractivity contribution in [3.63, 3.8) is 0 Å². The number of alkyl halides is 3. The summed E-state index contributed by atoms with van der Waals surface area (Å²) in [5, 5.41) is 2.56. The van der Waals surface area contributed by atoms with Gasteiger partial charge >= 0.3 is 6.18 Å². The van der Waals surface area contributed by atoms with Crippen LogP contribution in [0.5, 0.6) is 0 Å². The second-order valence-electron chi connectivity index (χ2n) is 6.06. The molecule has 26 heavy (non-hydrogen) atoms. The molecular weight excluding hydrogens is 347 g/mol. The predicted molar refractivity (Wildman–Crippen MR) is 90.2 cm³/mol. The van der Waals surface area contributed by atoms with Crippen LogP contribution in [0.4, 0.5) is 24.8 Å². The van der Waals surface area contributed by atoms with Gasteiger partial charge in [-0.2, -0.15) is 13.2 Å². The lowest BCUT2D eigenvalue weighted by Crippen LogP contribution is -2.47. The van der Waals surface area contributed by atoms with E-state index < -0.39 is 11.7 Å². The summed E-state index contributed by atoms with van der Waals surface area (Å²) < 4.78 is 39.1. The zero-order valence-corrected chi connectivity index (χ0v) is 14.1. The van der Waals surface area contributed by atoms with E-state index in [1.807, 2.05) is 7.05 Å². The Bertz CT molecular complexity index is 771. The molecule has 1 fully saturated rings. The molecule has 6 nitrogen and oxygen atoms in total. The molecule has 0 spiro atoms. The van der Waals surface area contributed by atoms with Crippen molar-refractivity contribution in [1.29, 1.82) is 0 Å². The maximum absolute atomic E-state index is 13.0. The van der Waals surface area contributed by atoms with E-state index in [0.717, 1.165) is 19.2 Å². The van der Waals surface area contributed by atoms with Crippen LogP contribution in [0.2, 0.25) is 0 Å². The summed E-state index contributed by atoms with van der Waals surface area (Å²) >= 11 is 0. The summed E-state index contributed by atoms with van der Waals surface area (Å²) in [6.07, 6.45) is -1.83. The van der Waals surface area contributed by atoms with Crippen LogP contribution in [-0.4, -0.2) is 58.9 Å². The van der Waals surface area contributed by atoms with Gasteiger partial charge in [0.15, 0.2) is 0 Å². The number of halogens is 3. The van der Waals surface area contributed by atoms with Gasteiger partial charge < -0.3 is 15.1 Å². The van der Waals surface area contributed by atoms with Gasteiger partial charge in [0.1, 0.15) is 0 Å². The normalized spacial score (nSPS) is 15.8. The van der Waals surface area contributed by atoms with Crippen molar-refractivity contribution in [3.05, 3.63) is 47.8 Å². The van der Waals surface area contributed by atoms with E-state index in [-0.39, 0.29) is 17.5 Å².